The van der Waals surface area contributed by atoms with Crippen LogP contribution >= 0.6 is 0 Å². The Hall–Kier alpha value is -1.64. The predicted octanol–water partition coefficient (Wildman–Crippen LogP) is 2.67. The Morgan fingerprint density at radius 3 is 2.75 bits per heavy atom. The van der Waals surface area contributed by atoms with E-state index in [-0.39, 0.29) is 0 Å². The molecule has 0 aliphatic carbocycles. The summed E-state index contributed by atoms with van der Waals surface area (Å²) in [6.07, 6.45) is 5.34. The fourth-order valence-corrected chi connectivity index (χ4v) is 1.72. The normalized spacial score (nSPS) is 10.6. The van der Waals surface area contributed by atoms with Crippen molar-refractivity contribution in [3.63, 3.8) is 0 Å². The summed E-state index contributed by atoms with van der Waals surface area (Å²) in [5.41, 5.74) is 2.50. The van der Waals surface area contributed by atoms with Crippen molar-refractivity contribution >= 4 is 0 Å². The molecule has 3 heteroatoms. The molecule has 1 aromatic heterocycles. The Morgan fingerprint density at radius 2 is 2.00 bits per heavy atom. The van der Waals surface area contributed by atoms with E-state index in [0.29, 0.717) is 0 Å². The third-order valence-electron chi connectivity index (χ3n) is 2.66. The molecule has 3 nitrogen and oxygen atoms in total. The molecule has 0 unspecified atom stereocenters. The maximum absolute atomic E-state index is 4.13. The molecule has 0 fully saturated rings. The standard InChI is InChI=1S/C13H17N3/c1-2-3-9-13-10-14-15-16(13)11-12-7-5-4-6-8-12/h4-8,10H,2-3,9,11H2,1H3. The SMILES string of the molecule is CCCCc1cnnn1Cc1ccccc1. The van der Waals surface area contributed by atoms with Crippen LogP contribution in [0.4, 0.5) is 0 Å². The molecule has 0 aliphatic rings. The second-order valence-corrected chi connectivity index (χ2v) is 3.97. The molecule has 0 saturated carbocycles. The van der Waals surface area contributed by atoms with E-state index in [1.165, 1.54) is 24.1 Å². The second-order valence-electron chi connectivity index (χ2n) is 3.97. The van der Waals surface area contributed by atoms with E-state index in [1.54, 1.807) is 0 Å². The van der Waals surface area contributed by atoms with Gasteiger partial charge in [0.1, 0.15) is 0 Å². The minimum Gasteiger partial charge on any atom is -0.245 e. The highest BCUT2D eigenvalue weighted by Crippen LogP contribution is 2.07. The van der Waals surface area contributed by atoms with Crippen molar-refractivity contribution in [2.24, 2.45) is 0 Å². The molecule has 84 valence electrons. The van der Waals surface area contributed by atoms with Gasteiger partial charge in [0.2, 0.25) is 0 Å². The number of unbranched alkanes of at least 4 members (excludes halogenated alkanes) is 1. The highest BCUT2D eigenvalue weighted by atomic mass is 15.4. The first-order valence-corrected chi connectivity index (χ1v) is 5.81. The van der Waals surface area contributed by atoms with Crippen molar-refractivity contribution in [3.05, 3.63) is 47.8 Å². The van der Waals surface area contributed by atoms with Crippen LogP contribution in [0.25, 0.3) is 0 Å². The molecule has 1 heterocycles. The lowest BCUT2D eigenvalue weighted by Crippen LogP contribution is -2.06. The van der Waals surface area contributed by atoms with Crippen molar-refractivity contribution in [1.29, 1.82) is 0 Å². The van der Waals surface area contributed by atoms with E-state index >= 15 is 0 Å². The fourth-order valence-electron chi connectivity index (χ4n) is 1.72. The molecule has 0 amide bonds. The lowest BCUT2D eigenvalue weighted by molar-refractivity contribution is 0.606. The van der Waals surface area contributed by atoms with Crippen LogP contribution in [0.2, 0.25) is 0 Å². The predicted molar refractivity (Wildman–Crippen MR) is 64.2 cm³/mol. The molecule has 0 N–H and O–H groups in total. The van der Waals surface area contributed by atoms with Gasteiger partial charge in [0.15, 0.2) is 0 Å². The molecular weight excluding hydrogens is 198 g/mol. The highest BCUT2D eigenvalue weighted by Gasteiger charge is 2.03. The van der Waals surface area contributed by atoms with E-state index in [4.69, 9.17) is 0 Å². The Morgan fingerprint density at radius 1 is 1.19 bits per heavy atom. The van der Waals surface area contributed by atoms with Crippen molar-refractivity contribution in [1.82, 2.24) is 15.0 Å². The summed E-state index contributed by atoms with van der Waals surface area (Å²) in [5.74, 6) is 0. The number of rotatable bonds is 5. The minimum atomic E-state index is 0.819. The summed E-state index contributed by atoms with van der Waals surface area (Å²) in [5, 5.41) is 8.12. The van der Waals surface area contributed by atoms with Gasteiger partial charge in [-0.1, -0.05) is 48.9 Å². The lowest BCUT2D eigenvalue weighted by Gasteiger charge is -2.05. The fraction of sp³-hybridized carbons (Fsp3) is 0.385. The Bertz CT molecular complexity index is 420. The maximum atomic E-state index is 4.13. The molecule has 0 atom stereocenters. The van der Waals surface area contributed by atoms with Gasteiger partial charge in [-0.3, -0.25) is 0 Å². The van der Waals surface area contributed by atoms with E-state index in [2.05, 4.69) is 41.5 Å². The maximum Gasteiger partial charge on any atom is 0.0725 e. The molecule has 0 radical (unpaired) electrons. The van der Waals surface area contributed by atoms with Crippen molar-refractivity contribution in [2.45, 2.75) is 32.7 Å². The van der Waals surface area contributed by atoms with Crippen molar-refractivity contribution in [2.75, 3.05) is 0 Å². The number of nitrogens with zero attached hydrogens (tertiary/aromatic N) is 3. The Kier molecular flexibility index (Phi) is 3.70. The molecule has 2 aromatic rings. The van der Waals surface area contributed by atoms with Crippen LogP contribution in [0.5, 0.6) is 0 Å². The van der Waals surface area contributed by atoms with E-state index in [0.717, 1.165) is 13.0 Å². The van der Waals surface area contributed by atoms with Crippen LogP contribution in [-0.2, 0) is 13.0 Å². The molecule has 0 bridgehead atoms. The monoisotopic (exact) mass is 215 g/mol. The van der Waals surface area contributed by atoms with Gasteiger partial charge in [0.05, 0.1) is 18.4 Å². The summed E-state index contributed by atoms with van der Waals surface area (Å²) in [4.78, 5) is 0. The minimum absolute atomic E-state index is 0.819. The van der Waals surface area contributed by atoms with Crippen molar-refractivity contribution in [3.8, 4) is 0 Å². The third-order valence-corrected chi connectivity index (χ3v) is 2.66. The van der Waals surface area contributed by atoms with Crippen LogP contribution in [-0.4, -0.2) is 15.0 Å². The zero-order chi connectivity index (χ0) is 11.2. The van der Waals surface area contributed by atoms with Crippen LogP contribution in [0.15, 0.2) is 36.5 Å². The molecule has 2 rings (SSSR count). The summed E-state index contributed by atoms with van der Waals surface area (Å²) in [6.45, 7) is 3.02. The van der Waals surface area contributed by atoms with Gasteiger partial charge in [-0.2, -0.15) is 0 Å². The second kappa shape index (κ2) is 5.45. The quantitative estimate of drug-likeness (QED) is 0.767. The van der Waals surface area contributed by atoms with Gasteiger partial charge in [0.25, 0.3) is 0 Å². The molecule has 1 aromatic carbocycles. The summed E-state index contributed by atoms with van der Waals surface area (Å²) < 4.78 is 1.99. The van der Waals surface area contributed by atoms with Crippen LogP contribution < -0.4 is 0 Å². The Labute approximate surface area is 96.1 Å². The smallest absolute Gasteiger partial charge is 0.0725 e. The summed E-state index contributed by atoms with van der Waals surface area (Å²) in [6, 6.07) is 10.4. The van der Waals surface area contributed by atoms with Gasteiger partial charge in [-0.25, -0.2) is 4.68 Å². The van der Waals surface area contributed by atoms with E-state index < -0.39 is 0 Å². The van der Waals surface area contributed by atoms with Gasteiger partial charge >= 0.3 is 0 Å². The first-order valence-electron chi connectivity index (χ1n) is 5.81. The largest absolute Gasteiger partial charge is 0.245 e. The molecule has 16 heavy (non-hydrogen) atoms. The van der Waals surface area contributed by atoms with Gasteiger partial charge < -0.3 is 0 Å². The zero-order valence-corrected chi connectivity index (χ0v) is 9.63. The van der Waals surface area contributed by atoms with Gasteiger partial charge in [-0.15, -0.1) is 5.10 Å². The zero-order valence-electron chi connectivity index (χ0n) is 9.63. The van der Waals surface area contributed by atoms with Crippen LogP contribution in [0, 0.1) is 0 Å². The van der Waals surface area contributed by atoms with Crippen LogP contribution in [0.3, 0.4) is 0 Å². The van der Waals surface area contributed by atoms with Gasteiger partial charge in [-0.05, 0) is 18.4 Å². The number of hydrogen-bond donors (Lipinski definition) is 0. The number of benzene rings is 1. The molecule has 0 saturated heterocycles. The highest BCUT2D eigenvalue weighted by molar-refractivity contribution is 5.15. The molecule has 0 aliphatic heterocycles. The number of hydrogen-bond acceptors (Lipinski definition) is 2. The first-order chi connectivity index (χ1) is 7.90. The van der Waals surface area contributed by atoms with Crippen LogP contribution in [0.1, 0.15) is 31.0 Å². The average molecular weight is 215 g/mol. The van der Waals surface area contributed by atoms with Crippen molar-refractivity contribution < 1.29 is 0 Å². The van der Waals surface area contributed by atoms with E-state index in [9.17, 15) is 0 Å². The molecular formula is C13H17N3. The summed E-state index contributed by atoms with van der Waals surface area (Å²) >= 11 is 0. The number of aromatic nitrogens is 3. The Balaban J connectivity index is 2.07. The first kappa shape index (κ1) is 10.9. The third kappa shape index (κ3) is 2.69. The average Bonchev–Trinajstić information content (AvgIpc) is 2.75. The lowest BCUT2D eigenvalue weighted by atomic mass is 10.2. The summed E-state index contributed by atoms with van der Waals surface area (Å²) in [7, 11) is 0. The van der Waals surface area contributed by atoms with Gasteiger partial charge in [0, 0.05) is 0 Å². The van der Waals surface area contributed by atoms with E-state index in [1.807, 2.05) is 16.9 Å². The molecule has 0 spiro atoms. The number of aryl methyl sites for hydroxylation is 1. The topological polar surface area (TPSA) is 30.7 Å².